The van der Waals surface area contributed by atoms with Crippen LogP contribution in [-0.2, 0) is 0 Å². The van der Waals surface area contributed by atoms with Crippen molar-refractivity contribution >= 4 is 17.0 Å². The van der Waals surface area contributed by atoms with Gasteiger partial charge >= 0.3 is 5.97 Å². The zero-order valence-electron chi connectivity index (χ0n) is 12.7. The molecular formula is C17H12N4O3. The Bertz CT molecular complexity index is 1020. The molecule has 0 fully saturated rings. The standard InChI is InChI=1S/C17H12N4O3/c1-11-15(16(19-23-11)12-7-3-2-4-8-12)17(22)24-21-14-10-6-5-9-13(14)18-20-21/h2-10H,1H3. The van der Waals surface area contributed by atoms with E-state index in [9.17, 15) is 4.79 Å². The van der Waals surface area contributed by atoms with E-state index in [2.05, 4.69) is 15.5 Å². The lowest BCUT2D eigenvalue weighted by atomic mass is 10.1. The molecule has 2 heterocycles. The van der Waals surface area contributed by atoms with Crippen molar-refractivity contribution in [3.63, 3.8) is 0 Å². The van der Waals surface area contributed by atoms with Crippen LogP contribution in [0.2, 0.25) is 0 Å². The third kappa shape index (κ3) is 2.32. The van der Waals surface area contributed by atoms with Crippen LogP contribution in [0.4, 0.5) is 0 Å². The summed E-state index contributed by atoms with van der Waals surface area (Å²) in [4.78, 5) is 19.1. The quantitative estimate of drug-likeness (QED) is 0.540. The summed E-state index contributed by atoms with van der Waals surface area (Å²) < 4.78 is 5.18. The highest BCUT2D eigenvalue weighted by molar-refractivity contribution is 5.97. The number of aromatic nitrogens is 4. The molecule has 118 valence electrons. The molecule has 0 aliphatic heterocycles. The lowest BCUT2D eigenvalue weighted by Crippen LogP contribution is -2.21. The summed E-state index contributed by atoms with van der Waals surface area (Å²) in [6, 6.07) is 16.5. The molecule has 2 aromatic carbocycles. The summed E-state index contributed by atoms with van der Waals surface area (Å²) in [5, 5.41) is 11.8. The normalized spacial score (nSPS) is 10.9. The fraction of sp³-hybridized carbons (Fsp3) is 0.0588. The molecule has 0 spiro atoms. The molecule has 0 N–H and O–H groups in total. The van der Waals surface area contributed by atoms with Gasteiger partial charge in [-0.05, 0) is 24.3 Å². The maximum absolute atomic E-state index is 12.6. The Morgan fingerprint density at radius 1 is 1.08 bits per heavy atom. The smallest absolute Gasteiger partial charge is 0.360 e. The third-order valence-corrected chi connectivity index (χ3v) is 3.60. The minimum Gasteiger partial charge on any atom is -0.360 e. The molecule has 0 saturated heterocycles. The monoisotopic (exact) mass is 320 g/mol. The number of fused-ring (bicyclic) bond motifs is 1. The van der Waals surface area contributed by atoms with Crippen molar-refractivity contribution < 1.29 is 14.2 Å². The van der Waals surface area contributed by atoms with E-state index >= 15 is 0 Å². The molecule has 24 heavy (non-hydrogen) atoms. The second-order valence-electron chi connectivity index (χ2n) is 5.16. The lowest BCUT2D eigenvalue weighted by molar-refractivity contribution is 0.0407. The lowest BCUT2D eigenvalue weighted by Gasteiger charge is -2.04. The zero-order valence-corrected chi connectivity index (χ0v) is 12.7. The summed E-state index contributed by atoms with van der Waals surface area (Å²) in [5.41, 5.74) is 2.70. The van der Waals surface area contributed by atoms with Crippen molar-refractivity contribution in [3.05, 3.63) is 65.9 Å². The molecule has 7 nitrogen and oxygen atoms in total. The molecule has 0 bridgehead atoms. The van der Waals surface area contributed by atoms with Gasteiger partial charge in [0.2, 0.25) is 0 Å². The largest absolute Gasteiger partial charge is 0.371 e. The molecule has 0 aliphatic rings. The molecule has 2 aromatic heterocycles. The topological polar surface area (TPSA) is 83.0 Å². The molecule has 4 aromatic rings. The number of para-hydroxylation sites is 1. The van der Waals surface area contributed by atoms with Crippen molar-refractivity contribution in [2.75, 3.05) is 0 Å². The van der Waals surface area contributed by atoms with Crippen molar-refractivity contribution in [3.8, 4) is 11.3 Å². The summed E-state index contributed by atoms with van der Waals surface area (Å²) in [5.74, 6) is -0.230. The van der Waals surface area contributed by atoms with Crippen molar-refractivity contribution in [1.29, 1.82) is 0 Å². The molecule has 0 unspecified atom stereocenters. The van der Waals surface area contributed by atoms with Gasteiger partial charge < -0.3 is 9.36 Å². The second kappa shape index (κ2) is 5.62. The molecule has 0 atom stereocenters. The van der Waals surface area contributed by atoms with Gasteiger partial charge in [0, 0.05) is 5.56 Å². The number of nitrogens with zero attached hydrogens (tertiary/aromatic N) is 4. The average molecular weight is 320 g/mol. The highest BCUT2D eigenvalue weighted by Crippen LogP contribution is 2.25. The van der Waals surface area contributed by atoms with Crippen LogP contribution in [0.3, 0.4) is 0 Å². The van der Waals surface area contributed by atoms with Crippen molar-refractivity contribution in [2.24, 2.45) is 0 Å². The first-order chi connectivity index (χ1) is 11.7. The summed E-state index contributed by atoms with van der Waals surface area (Å²) in [7, 11) is 0. The average Bonchev–Trinajstić information content (AvgIpc) is 3.20. The predicted octanol–water partition coefficient (Wildman–Crippen LogP) is 2.66. The predicted molar refractivity (Wildman–Crippen MR) is 85.1 cm³/mol. The van der Waals surface area contributed by atoms with Crippen LogP contribution in [0.15, 0.2) is 59.1 Å². The van der Waals surface area contributed by atoms with Gasteiger partial charge in [0.1, 0.15) is 28.1 Å². The number of benzene rings is 2. The Balaban J connectivity index is 1.72. The van der Waals surface area contributed by atoms with E-state index in [0.717, 1.165) is 10.4 Å². The number of hydrogen-bond donors (Lipinski definition) is 0. The molecule has 0 saturated carbocycles. The molecule has 0 radical (unpaired) electrons. The van der Waals surface area contributed by atoms with Crippen LogP contribution >= 0.6 is 0 Å². The molecule has 7 heteroatoms. The fourth-order valence-corrected chi connectivity index (χ4v) is 2.44. The van der Waals surface area contributed by atoms with E-state index in [1.807, 2.05) is 42.5 Å². The summed E-state index contributed by atoms with van der Waals surface area (Å²) in [6.45, 7) is 1.66. The fourth-order valence-electron chi connectivity index (χ4n) is 2.44. The van der Waals surface area contributed by atoms with Gasteiger partial charge in [0.25, 0.3) is 0 Å². The number of aryl methyl sites for hydroxylation is 1. The number of hydrogen-bond acceptors (Lipinski definition) is 6. The first-order valence-corrected chi connectivity index (χ1v) is 7.29. The maximum atomic E-state index is 12.6. The first-order valence-electron chi connectivity index (χ1n) is 7.29. The van der Waals surface area contributed by atoms with Crippen molar-refractivity contribution in [2.45, 2.75) is 6.92 Å². The van der Waals surface area contributed by atoms with Gasteiger partial charge in [-0.1, -0.05) is 52.5 Å². The first kappa shape index (κ1) is 14.1. The minimum absolute atomic E-state index is 0.265. The van der Waals surface area contributed by atoms with Gasteiger partial charge in [0.05, 0.1) is 0 Å². The third-order valence-electron chi connectivity index (χ3n) is 3.60. The van der Waals surface area contributed by atoms with Crippen LogP contribution < -0.4 is 4.84 Å². The highest BCUT2D eigenvalue weighted by atomic mass is 16.7. The van der Waals surface area contributed by atoms with Gasteiger partial charge in [-0.15, -0.1) is 5.10 Å². The van der Waals surface area contributed by atoms with Gasteiger partial charge in [0.15, 0.2) is 0 Å². The number of carbonyl (C=O) groups excluding carboxylic acids is 1. The van der Waals surface area contributed by atoms with Gasteiger partial charge in [-0.25, -0.2) is 4.79 Å². The molecule has 0 aliphatic carbocycles. The minimum atomic E-state index is -0.608. The van der Waals surface area contributed by atoms with Crippen molar-refractivity contribution in [1.82, 2.24) is 20.3 Å². The van der Waals surface area contributed by atoms with E-state index < -0.39 is 5.97 Å². The summed E-state index contributed by atoms with van der Waals surface area (Å²) in [6.07, 6.45) is 0. The number of carbonyl (C=O) groups is 1. The number of rotatable bonds is 3. The van der Waals surface area contributed by atoms with E-state index in [0.29, 0.717) is 22.5 Å². The Kier molecular flexibility index (Phi) is 3.31. The van der Waals surface area contributed by atoms with E-state index in [4.69, 9.17) is 9.36 Å². The van der Waals surface area contributed by atoms with Crippen LogP contribution in [0.1, 0.15) is 16.1 Å². The Labute approximate surface area is 136 Å². The Morgan fingerprint density at radius 3 is 2.67 bits per heavy atom. The Morgan fingerprint density at radius 2 is 1.83 bits per heavy atom. The molecule has 4 rings (SSSR count). The molecular weight excluding hydrogens is 308 g/mol. The van der Waals surface area contributed by atoms with E-state index in [1.165, 1.54) is 0 Å². The molecule has 0 amide bonds. The second-order valence-corrected chi connectivity index (χ2v) is 5.16. The highest BCUT2D eigenvalue weighted by Gasteiger charge is 2.24. The van der Waals surface area contributed by atoms with Gasteiger partial charge in [-0.2, -0.15) is 0 Å². The summed E-state index contributed by atoms with van der Waals surface area (Å²) >= 11 is 0. The van der Waals surface area contributed by atoms with Crippen LogP contribution in [0.5, 0.6) is 0 Å². The SMILES string of the molecule is Cc1onc(-c2ccccc2)c1C(=O)On1nnc2ccccc21. The zero-order chi connectivity index (χ0) is 16.5. The van der Waals surface area contributed by atoms with Crippen LogP contribution in [0, 0.1) is 6.92 Å². The van der Waals surface area contributed by atoms with Gasteiger partial charge in [-0.3, -0.25) is 0 Å². The van der Waals surface area contributed by atoms with Crippen LogP contribution in [-0.4, -0.2) is 26.3 Å². The van der Waals surface area contributed by atoms with E-state index in [-0.39, 0.29) is 5.56 Å². The van der Waals surface area contributed by atoms with E-state index in [1.54, 1.807) is 19.1 Å². The van der Waals surface area contributed by atoms with Crippen LogP contribution in [0.25, 0.3) is 22.3 Å². The maximum Gasteiger partial charge on any atom is 0.371 e. The Hall–Kier alpha value is -3.48.